The molecule has 1 unspecified atom stereocenters. The summed E-state index contributed by atoms with van der Waals surface area (Å²) in [6.45, 7) is 5.10. The number of rotatable bonds is 9. The molecule has 3 heteroatoms. The predicted molar refractivity (Wildman–Crippen MR) is 67.2 cm³/mol. The molecule has 2 nitrogen and oxygen atoms in total. The van der Waals surface area contributed by atoms with E-state index in [-0.39, 0.29) is 12.1 Å². The third-order valence-electron chi connectivity index (χ3n) is 2.20. The molecule has 0 amide bonds. The van der Waals surface area contributed by atoms with E-state index < -0.39 is 0 Å². The SMILES string of the molecule is C=CC(CCCCCCCBr)OC(C)=O. The van der Waals surface area contributed by atoms with Crippen molar-refractivity contribution >= 4 is 21.9 Å². The molecule has 0 aliphatic heterocycles. The third kappa shape index (κ3) is 9.98. The molecule has 0 bridgehead atoms. The van der Waals surface area contributed by atoms with Crippen molar-refractivity contribution in [2.75, 3.05) is 5.33 Å². The van der Waals surface area contributed by atoms with Gasteiger partial charge in [0.25, 0.3) is 0 Å². The number of carbonyl (C=O) groups excluding carboxylic acids is 1. The summed E-state index contributed by atoms with van der Waals surface area (Å²) in [5.74, 6) is -0.223. The fraction of sp³-hybridized carbons (Fsp3) is 0.750. The van der Waals surface area contributed by atoms with Crippen LogP contribution in [0.25, 0.3) is 0 Å². The Balaban J connectivity index is 3.38. The molecule has 0 aliphatic rings. The van der Waals surface area contributed by atoms with Gasteiger partial charge < -0.3 is 4.74 Å². The van der Waals surface area contributed by atoms with Crippen LogP contribution < -0.4 is 0 Å². The summed E-state index contributed by atoms with van der Waals surface area (Å²) < 4.78 is 5.06. The molecular weight excluding hydrogens is 256 g/mol. The number of unbranched alkanes of at least 4 members (excludes halogenated alkanes) is 4. The highest BCUT2D eigenvalue weighted by atomic mass is 79.9. The lowest BCUT2D eigenvalue weighted by Gasteiger charge is -2.12. The predicted octanol–water partition coefficient (Wildman–Crippen LogP) is 3.84. The Bertz CT molecular complexity index is 180. The lowest BCUT2D eigenvalue weighted by Crippen LogP contribution is -2.13. The van der Waals surface area contributed by atoms with Gasteiger partial charge in [0.2, 0.25) is 0 Å². The maximum atomic E-state index is 10.7. The number of hydrogen-bond donors (Lipinski definition) is 0. The van der Waals surface area contributed by atoms with Crippen molar-refractivity contribution in [3.05, 3.63) is 12.7 Å². The average Bonchev–Trinajstić information content (AvgIpc) is 2.20. The second-order valence-electron chi connectivity index (χ2n) is 3.63. The minimum atomic E-state index is -0.223. The van der Waals surface area contributed by atoms with Crippen molar-refractivity contribution in [1.82, 2.24) is 0 Å². The van der Waals surface area contributed by atoms with Gasteiger partial charge in [-0.1, -0.05) is 47.8 Å². The molecule has 0 N–H and O–H groups in total. The molecule has 0 spiro atoms. The van der Waals surface area contributed by atoms with Crippen LogP contribution in [0.3, 0.4) is 0 Å². The van der Waals surface area contributed by atoms with E-state index in [1.807, 2.05) is 0 Å². The molecule has 0 saturated heterocycles. The summed E-state index contributed by atoms with van der Waals surface area (Å²) in [6, 6.07) is 0. The van der Waals surface area contributed by atoms with Crippen molar-refractivity contribution in [2.24, 2.45) is 0 Å². The Morgan fingerprint density at radius 2 is 1.93 bits per heavy atom. The van der Waals surface area contributed by atoms with Crippen LogP contribution in [0.4, 0.5) is 0 Å². The molecule has 88 valence electrons. The second kappa shape index (κ2) is 10.2. The highest BCUT2D eigenvalue weighted by molar-refractivity contribution is 9.09. The normalized spacial score (nSPS) is 12.1. The van der Waals surface area contributed by atoms with Gasteiger partial charge in [-0.15, -0.1) is 0 Å². The van der Waals surface area contributed by atoms with Gasteiger partial charge in [0.1, 0.15) is 6.10 Å². The zero-order valence-corrected chi connectivity index (χ0v) is 11.1. The molecule has 0 heterocycles. The van der Waals surface area contributed by atoms with Crippen LogP contribution >= 0.6 is 15.9 Å². The molecule has 0 aromatic heterocycles. The first kappa shape index (κ1) is 14.7. The Morgan fingerprint density at radius 3 is 2.47 bits per heavy atom. The van der Waals surface area contributed by atoms with E-state index >= 15 is 0 Å². The first-order chi connectivity index (χ1) is 7.20. The van der Waals surface area contributed by atoms with E-state index in [2.05, 4.69) is 22.5 Å². The Kier molecular flexibility index (Phi) is 10.0. The minimum absolute atomic E-state index is 0.0984. The van der Waals surface area contributed by atoms with Crippen LogP contribution in [0.15, 0.2) is 12.7 Å². The molecule has 0 aromatic carbocycles. The zero-order chi connectivity index (χ0) is 11.5. The van der Waals surface area contributed by atoms with Crippen molar-refractivity contribution in [3.63, 3.8) is 0 Å². The average molecular weight is 277 g/mol. The summed E-state index contributed by atoms with van der Waals surface area (Å²) in [4.78, 5) is 10.7. The van der Waals surface area contributed by atoms with Gasteiger partial charge in [0.15, 0.2) is 0 Å². The lowest BCUT2D eigenvalue weighted by molar-refractivity contribution is -0.144. The van der Waals surface area contributed by atoms with Gasteiger partial charge in [-0.2, -0.15) is 0 Å². The van der Waals surface area contributed by atoms with Crippen LogP contribution in [0, 0.1) is 0 Å². The van der Waals surface area contributed by atoms with Gasteiger partial charge in [-0.05, 0) is 19.3 Å². The largest absolute Gasteiger partial charge is 0.458 e. The summed E-state index contributed by atoms with van der Waals surface area (Å²) in [7, 11) is 0. The molecule has 15 heavy (non-hydrogen) atoms. The molecule has 0 aliphatic carbocycles. The molecule has 0 saturated carbocycles. The monoisotopic (exact) mass is 276 g/mol. The van der Waals surface area contributed by atoms with Crippen molar-refractivity contribution in [1.29, 1.82) is 0 Å². The Morgan fingerprint density at radius 1 is 1.33 bits per heavy atom. The number of ether oxygens (including phenoxy) is 1. The van der Waals surface area contributed by atoms with E-state index in [4.69, 9.17) is 4.74 Å². The quantitative estimate of drug-likeness (QED) is 0.277. The highest BCUT2D eigenvalue weighted by Crippen LogP contribution is 2.10. The van der Waals surface area contributed by atoms with E-state index in [0.29, 0.717) is 0 Å². The van der Waals surface area contributed by atoms with Gasteiger partial charge in [-0.25, -0.2) is 0 Å². The van der Waals surface area contributed by atoms with Gasteiger partial charge in [0, 0.05) is 12.3 Å². The molecule has 0 fully saturated rings. The van der Waals surface area contributed by atoms with Crippen molar-refractivity contribution < 1.29 is 9.53 Å². The lowest BCUT2D eigenvalue weighted by atomic mass is 10.1. The number of esters is 1. The number of carbonyl (C=O) groups is 1. The molecule has 0 rings (SSSR count). The maximum absolute atomic E-state index is 10.7. The van der Waals surface area contributed by atoms with Gasteiger partial charge in [0.05, 0.1) is 0 Å². The standard InChI is InChI=1S/C12H21BrO2/c1-3-12(15-11(2)14)9-7-5-4-6-8-10-13/h3,12H,1,4-10H2,2H3. The second-order valence-corrected chi connectivity index (χ2v) is 4.42. The zero-order valence-electron chi connectivity index (χ0n) is 9.51. The summed E-state index contributed by atoms with van der Waals surface area (Å²) in [6.07, 6.45) is 8.60. The van der Waals surface area contributed by atoms with E-state index in [0.717, 1.165) is 18.2 Å². The number of halogens is 1. The van der Waals surface area contributed by atoms with E-state index in [9.17, 15) is 4.79 Å². The van der Waals surface area contributed by atoms with Crippen LogP contribution in [-0.2, 0) is 9.53 Å². The highest BCUT2D eigenvalue weighted by Gasteiger charge is 2.06. The molecule has 1 atom stereocenters. The van der Waals surface area contributed by atoms with Crippen molar-refractivity contribution in [3.8, 4) is 0 Å². The first-order valence-corrected chi connectivity index (χ1v) is 6.68. The fourth-order valence-corrected chi connectivity index (χ4v) is 1.80. The molecule has 0 aromatic rings. The maximum Gasteiger partial charge on any atom is 0.303 e. The van der Waals surface area contributed by atoms with Crippen molar-refractivity contribution in [2.45, 2.75) is 51.6 Å². The summed E-state index contributed by atoms with van der Waals surface area (Å²) in [5, 5.41) is 1.09. The van der Waals surface area contributed by atoms with Gasteiger partial charge >= 0.3 is 5.97 Å². The number of hydrogen-bond acceptors (Lipinski definition) is 2. The Labute approximate surface area is 101 Å². The third-order valence-corrected chi connectivity index (χ3v) is 2.76. The van der Waals surface area contributed by atoms with E-state index in [1.54, 1.807) is 6.08 Å². The number of alkyl halides is 1. The molecule has 0 radical (unpaired) electrons. The van der Waals surface area contributed by atoms with Crippen LogP contribution in [-0.4, -0.2) is 17.4 Å². The minimum Gasteiger partial charge on any atom is -0.458 e. The molecular formula is C12H21BrO2. The fourth-order valence-electron chi connectivity index (χ4n) is 1.41. The van der Waals surface area contributed by atoms with Crippen LogP contribution in [0.2, 0.25) is 0 Å². The van der Waals surface area contributed by atoms with E-state index in [1.165, 1.54) is 32.6 Å². The summed E-state index contributed by atoms with van der Waals surface area (Å²) >= 11 is 3.41. The van der Waals surface area contributed by atoms with Gasteiger partial charge in [-0.3, -0.25) is 4.79 Å². The summed E-state index contributed by atoms with van der Waals surface area (Å²) in [5.41, 5.74) is 0. The van der Waals surface area contributed by atoms with Crippen LogP contribution in [0.5, 0.6) is 0 Å². The smallest absolute Gasteiger partial charge is 0.303 e. The van der Waals surface area contributed by atoms with Crippen LogP contribution in [0.1, 0.15) is 45.4 Å². The Hall–Kier alpha value is -0.310. The topological polar surface area (TPSA) is 26.3 Å². The first-order valence-electron chi connectivity index (χ1n) is 5.56.